The Kier molecular flexibility index (Phi) is 7.99. The van der Waals surface area contributed by atoms with Gasteiger partial charge in [0, 0.05) is 56.8 Å². The number of carbonyl (C=O) groups is 2. The van der Waals surface area contributed by atoms with Crippen LogP contribution in [0.4, 0.5) is 0 Å². The summed E-state index contributed by atoms with van der Waals surface area (Å²) in [7, 11) is 3.63. The molecule has 36 heavy (non-hydrogen) atoms. The first kappa shape index (κ1) is 25.8. The van der Waals surface area contributed by atoms with Gasteiger partial charge in [0.2, 0.25) is 5.91 Å². The molecule has 1 aliphatic heterocycles. The lowest BCUT2D eigenvalue weighted by atomic mass is 9.77. The molecule has 1 aliphatic rings. The molecular weight excluding hydrogens is 476 g/mol. The van der Waals surface area contributed by atoms with E-state index in [1.54, 1.807) is 27.9 Å². The number of likely N-dealkylation sites (tertiary alicyclic amines) is 1. The first-order valence-electron chi connectivity index (χ1n) is 12.2. The van der Waals surface area contributed by atoms with Gasteiger partial charge in [0.1, 0.15) is 5.75 Å². The molecule has 0 aliphatic carbocycles. The summed E-state index contributed by atoms with van der Waals surface area (Å²) in [5.74, 6) is 0.622. The molecular formula is C28H33ClN4O3. The minimum atomic E-state index is -0.519. The van der Waals surface area contributed by atoms with Crippen LogP contribution >= 0.6 is 11.6 Å². The number of aromatic nitrogens is 2. The highest BCUT2D eigenvalue weighted by molar-refractivity contribution is 6.30. The predicted molar refractivity (Wildman–Crippen MR) is 140 cm³/mol. The summed E-state index contributed by atoms with van der Waals surface area (Å²) in [6, 6.07) is 17.2. The standard InChI is InChI=1S/C28H33ClN4O3/c1-21-25(18-32(3)30-21)27(35)33-14-8-13-28(19-33,20-36-24-12-7-11-23(29)15-24)16-26(34)31(2)17-22-9-5-4-6-10-22/h4-7,9-12,15,18H,8,13-14,16-17,19-20H2,1-3H3/t28-/m1/s1. The third-order valence-electron chi connectivity index (χ3n) is 6.75. The van der Waals surface area contributed by atoms with E-state index in [0.29, 0.717) is 48.3 Å². The molecule has 7 nitrogen and oxygen atoms in total. The zero-order valence-corrected chi connectivity index (χ0v) is 21.9. The molecule has 2 heterocycles. The van der Waals surface area contributed by atoms with Gasteiger partial charge < -0.3 is 14.5 Å². The molecule has 190 valence electrons. The lowest BCUT2D eigenvalue weighted by Crippen LogP contribution is -2.50. The molecule has 2 aromatic carbocycles. The van der Waals surface area contributed by atoms with E-state index in [1.165, 1.54) is 0 Å². The molecule has 4 rings (SSSR count). The Labute approximate surface area is 217 Å². The van der Waals surface area contributed by atoms with Crippen molar-refractivity contribution in [2.45, 2.75) is 32.7 Å². The Balaban J connectivity index is 1.54. The normalized spacial score (nSPS) is 17.6. The summed E-state index contributed by atoms with van der Waals surface area (Å²) < 4.78 is 7.84. The van der Waals surface area contributed by atoms with Crippen molar-refractivity contribution >= 4 is 23.4 Å². The summed E-state index contributed by atoms with van der Waals surface area (Å²) in [4.78, 5) is 30.4. The number of aryl methyl sites for hydroxylation is 2. The second-order valence-corrected chi connectivity index (χ2v) is 10.2. The fraction of sp³-hybridized carbons (Fsp3) is 0.393. The first-order valence-corrected chi connectivity index (χ1v) is 12.6. The molecule has 3 aromatic rings. The van der Waals surface area contributed by atoms with Gasteiger partial charge in [-0.15, -0.1) is 0 Å². The Morgan fingerprint density at radius 2 is 1.94 bits per heavy atom. The number of rotatable bonds is 8. The highest BCUT2D eigenvalue weighted by Gasteiger charge is 2.41. The van der Waals surface area contributed by atoms with Gasteiger partial charge >= 0.3 is 0 Å². The topological polar surface area (TPSA) is 67.7 Å². The summed E-state index contributed by atoms with van der Waals surface area (Å²) in [5.41, 5.74) is 1.85. The highest BCUT2D eigenvalue weighted by atomic mass is 35.5. The minimum Gasteiger partial charge on any atom is -0.493 e. The zero-order valence-electron chi connectivity index (χ0n) is 21.1. The van der Waals surface area contributed by atoms with Crippen molar-refractivity contribution in [3.05, 3.63) is 82.6 Å². The highest BCUT2D eigenvalue weighted by Crippen LogP contribution is 2.36. The van der Waals surface area contributed by atoms with Crippen LogP contribution in [0.3, 0.4) is 0 Å². The quantitative estimate of drug-likeness (QED) is 0.441. The predicted octanol–water partition coefficient (Wildman–Crippen LogP) is 4.73. The van der Waals surface area contributed by atoms with E-state index >= 15 is 0 Å². The van der Waals surface area contributed by atoms with Crippen molar-refractivity contribution in [1.82, 2.24) is 19.6 Å². The van der Waals surface area contributed by atoms with Crippen LogP contribution in [0.5, 0.6) is 5.75 Å². The van der Waals surface area contributed by atoms with Gasteiger partial charge in [-0.3, -0.25) is 14.3 Å². The maximum absolute atomic E-state index is 13.4. The van der Waals surface area contributed by atoms with Crippen LogP contribution in [0.1, 0.15) is 40.9 Å². The Hall–Kier alpha value is -3.32. The number of carbonyl (C=O) groups excluding carboxylic acids is 2. The minimum absolute atomic E-state index is 0.0282. The SMILES string of the molecule is Cc1nn(C)cc1C(=O)N1CCC[C@@](COc2cccc(Cl)c2)(CC(=O)N(C)Cc2ccccc2)C1. The maximum atomic E-state index is 13.4. The van der Waals surface area contributed by atoms with E-state index in [9.17, 15) is 9.59 Å². The molecule has 0 bridgehead atoms. The molecule has 0 spiro atoms. The first-order chi connectivity index (χ1) is 17.2. The van der Waals surface area contributed by atoms with E-state index in [0.717, 1.165) is 18.4 Å². The molecule has 0 unspecified atom stereocenters. The fourth-order valence-corrected chi connectivity index (χ4v) is 5.05. The van der Waals surface area contributed by atoms with E-state index in [4.69, 9.17) is 16.3 Å². The lowest BCUT2D eigenvalue weighted by molar-refractivity contribution is -0.134. The zero-order chi connectivity index (χ0) is 25.7. The second kappa shape index (κ2) is 11.2. The molecule has 1 atom stereocenters. The molecule has 1 fully saturated rings. The van der Waals surface area contributed by atoms with Crippen LogP contribution in [-0.4, -0.2) is 58.1 Å². The van der Waals surface area contributed by atoms with Crippen molar-refractivity contribution in [2.24, 2.45) is 12.5 Å². The van der Waals surface area contributed by atoms with E-state index in [1.807, 2.05) is 68.4 Å². The number of halogens is 1. The molecule has 0 radical (unpaired) electrons. The summed E-state index contributed by atoms with van der Waals surface area (Å²) in [6.45, 7) is 3.76. The molecule has 0 saturated carbocycles. The number of nitrogens with zero attached hydrogens (tertiary/aromatic N) is 4. The average molecular weight is 509 g/mol. The molecule has 1 saturated heterocycles. The lowest BCUT2D eigenvalue weighted by Gasteiger charge is -2.42. The van der Waals surface area contributed by atoms with Crippen LogP contribution in [0.2, 0.25) is 5.02 Å². The van der Waals surface area contributed by atoms with Crippen LogP contribution in [0.25, 0.3) is 0 Å². The van der Waals surface area contributed by atoms with Crippen LogP contribution < -0.4 is 4.74 Å². The number of benzene rings is 2. The van der Waals surface area contributed by atoms with Crippen molar-refractivity contribution in [3.8, 4) is 5.75 Å². The molecule has 0 N–H and O–H groups in total. The van der Waals surface area contributed by atoms with Crippen LogP contribution in [0.15, 0.2) is 60.8 Å². The van der Waals surface area contributed by atoms with E-state index in [-0.39, 0.29) is 18.2 Å². The molecule has 2 amide bonds. The third kappa shape index (κ3) is 6.26. The van der Waals surface area contributed by atoms with Crippen molar-refractivity contribution in [2.75, 3.05) is 26.7 Å². The van der Waals surface area contributed by atoms with Crippen molar-refractivity contribution in [3.63, 3.8) is 0 Å². The van der Waals surface area contributed by atoms with Gasteiger partial charge in [0.25, 0.3) is 5.91 Å². The number of hydrogen-bond acceptors (Lipinski definition) is 4. The van der Waals surface area contributed by atoms with Crippen LogP contribution in [0, 0.1) is 12.3 Å². The Bertz CT molecular complexity index is 1210. The summed E-state index contributed by atoms with van der Waals surface area (Å²) >= 11 is 6.15. The van der Waals surface area contributed by atoms with Gasteiger partial charge in [0.15, 0.2) is 0 Å². The van der Waals surface area contributed by atoms with E-state index in [2.05, 4.69) is 5.10 Å². The maximum Gasteiger partial charge on any atom is 0.257 e. The number of ether oxygens (including phenoxy) is 1. The fourth-order valence-electron chi connectivity index (χ4n) is 4.87. The van der Waals surface area contributed by atoms with Gasteiger partial charge in [-0.1, -0.05) is 48.0 Å². The van der Waals surface area contributed by atoms with Crippen molar-refractivity contribution in [1.29, 1.82) is 0 Å². The van der Waals surface area contributed by atoms with Gasteiger partial charge in [-0.05, 0) is 43.5 Å². The average Bonchev–Trinajstić information content (AvgIpc) is 3.20. The Morgan fingerprint density at radius 3 is 2.64 bits per heavy atom. The summed E-state index contributed by atoms with van der Waals surface area (Å²) in [5, 5.41) is 4.92. The van der Waals surface area contributed by atoms with E-state index < -0.39 is 5.41 Å². The Morgan fingerprint density at radius 1 is 1.17 bits per heavy atom. The van der Waals surface area contributed by atoms with Gasteiger partial charge in [-0.25, -0.2) is 0 Å². The number of hydrogen-bond donors (Lipinski definition) is 0. The third-order valence-corrected chi connectivity index (χ3v) is 6.98. The van der Waals surface area contributed by atoms with Gasteiger partial charge in [0.05, 0.1) is 17.9 Å². The molecule has 8 heteroatoms. The summed E-state index contributed by atoms with van der Waals surface area (Å²) in [6.07, 6.45) is 3.62. The monoisotopic (exact) mass is 508 g/mol. The smallest absolute Gasteiger partial charge is 0.257 e. The van der Waals surface area contributed by atoms with Gasteiger partial charge in [-0.2, -0.15) is 5.10 Å². The number of amides is 2. The second-order valence-electron chi connectivity index (χ2n) is 9.79. The number of piperidine rings is 1. The largest absolute Gasteiger partial charge is 0.493 e. The molecule has 1 aromatic heterocycles. The van der Waals surface area contributed by atoms with Crippen molar-refractivity contribution < 1.29 is 14.3 Å². The van der Waals surface area contributed by atoms with Crippen LogP contribution in [-0.2, 0) is 18.4 Å².